The lowest BCUT2D eigenvalue weighted by atomic mass is 9.99. The molecule has 0 saturated carbocycles. The third kappa shape index (κ3) is 2.94. The Morgan fingerprint density at radius 3 is 1.46 bits per heavy atom. The predicted molar refractivity (Wildman–Crippen MR) is 87.5 cm³/mol. The highest BCUT2D eigenvalue weighted by Gasteiger charge is 2.15. The van der Waals surface area contributed by atoms with Crippen molar-refractivity contribution in [2.45, 2.75) is 0 Å². The van der Waals surface area contributed by atoms with E-state index in [-0.39, 0.29) is 0 Å². The average Bonchev–Trinajstić information content (AvgIpc) is 2.60. The average molecular weight is 326 g/mol. The molecule has 0 amide bonds. The largest absolute Gasteiger partial charge is 0.496 e. The molecule has 122 valence electrons. The normalized spacial score (nSPS) is 10.4. The van der Waals surface area contributed by atoms with Crippen LogP contribution in [0.2, 0.25) is 0 Å². The molecule has 1 aromatic carbocycles. The van der Waals surface area contributed by atoms with Crippen LogP contribution in [0.25, 0.3) is 22.3 Å². The summed E-state index contributed by atoms with van der Waals surface area (Å²) >= 11 is 0. The van der Waals surface area contributed by atoms with Gasteiger partial charge in [0.25, 0.3) is 0 Å². The van der Waals surface area contributed by atoms with Crippen LogP contribution in [0.4, 0.5) is 0 Å². The topological polar surface area (TPSA) is 78.9 Å². The highest BCUT2D eigenvalue weighted by molar-refractivity contribution is 5.80. The molecule has 24 heavy (non-hydrogen) atoms. The quantitative estimate of drug-likeness (QED) is 0.733. The fourth-order valence-electron chi connectivity index (χ4n) is 2.45. The Hall–Kier alpha value is -3.28. The van der Waals surface area contributed by atoms with Gasteiger partial charge in [-0.3, -0.25) is 0 Å². The molecule has 0 saturated heterocycles. The van der Waals surface area contributed by atoms with Crippen LogP contribution in [-0.2, 0) is 0 Å². The number of benzene rings is 1. The van der Waals surface area contributed by atoms with Crippen molar-refractivity contribution in [3.63, 3.8) is 0 Å². The molecule has 0 N–H and O–H groups in total. The SMILES string of the molecule is COc1cc(-c2ccoc(=O)c2)c(OC)cc1-c1ccoc(=O)c1. The van der Waals surface area contributed by atoms with Crippen LogP contribution in [-0.4, -0.2) is 14.2 Å². The van der Waals surface area contributed by atoms with Gasteiger partial charge in [0, 0.05) is 23.3 Å². The van der Waals surface area contributed by atoms with E-state index in [1.165, 1.54) is 38.9 Å². The molecule has 3 aromatic rings. The van der Waals surface area contributed by atoms with E-state index in [1.54, 1.807) is 24.3 Å². The lowest BCUT2D eigenvalue weighted by Crippen LogP contribution is -1.99. The highest BCUT2D eigenvalue weighted by Crippen LogP contribution is 2.40. The van der Waals surface area contributed by atoms with Crippen LogP contribution in [0, 0.1) is 0 Å². The van der Waals surface area contributed by atoms with Crippen molar-refractivity contribution in [3.8, 4) is 33.8 Å². The summed E-state index contributed by atoms with van der Waals surface area (Å²) in [4.78, 5) is 22.9. The zero-order valence-corrected chi connectivity index (χ0v) is 13.1. The van der Waals surface area contributed by atoms with Gasteiger partial charge in [0.05, 0.1) is 26.7 Å². The van der Waals surface area contributed by atoms with E-state index in [9.17, 15) is 9.59 Å². The minimum atomic E-state index is -0.460. The summed E-state index contributed by atoms with van der Waals surface area (Å²) < 4.78 is 20.4. The summed E-state index contributed by atoms with van der Waals surface area (Å²) in [7, 11) is 3.06. The second kappa shape index (κ2) is 6.45. The third-order valence-corrected chi connectivity index (χ3v) is 3.55. The molecule has 3 rings (SSSR count). The Bertz CT molecular complexity index is 902. The molecule has 0 spiro atoms. The summed E-state index contributed by atoms with van der Waals surface area (Å²) in [6, 6.07) is 9.56. The van der Waals surface area contributed by atoms with Crippen molar-refractivity contribution in [3.05, 3.63) is 69.8 Å². The number of ether oxygens (including phenoxy) is 2. The van der Waals surface area contributed by atoms with Gasteiger partial charge in [0.1, 0.15) is 11.5 Å². The van der Waals surface area contributed by atoms with Crippen molar-refractivity contribution in [1.82, 2.24) is 0 Å². The van der Waals surface area contributed by atoms with E-state index in [0.717, 1.165) is 0 Å². The van der Waals surface area contributed by atoms with Crippen molar-refractivity contribution in [1.29, 1.82) is 0 Å². The van der Waals surface area contributed by atoms with Gasteiger partial charge in [-0.1, -0.05) is 0 Å². The van der Waals surface area contributed by atoms with Crippen LogP contribution in [0.5, 0.6) is 11.5 Å². The second-order valence-corrected chi connectivity index (χ2v) is 4.93. The van der Waals surface area contributed by atoms with E-state index in [0.29, 0.717) is 33.8 Å². The molecule has 0 aliphatic heterocycles. The molecule has 2 aromatic heterocycles. The van der Waals surface area contributed by atoms with Crippen molar-refractivity contribution in [2.24, 2.45) is 0 Å². The first kappa shape index (κ1) is 15.6. The summed E-state index contributed by atoms with van der Waals surface area (Å²) in [5.74, 6) is 1.06. The molecular weight excluding hydrogens is 312 g/mol. The summed E-state index contributed by atoms with van der Waals surface area (Å²) in [6.45, 7) is 0. The number of methoxy groups -OCH3 is 2. The molecule has 0 bridgehead atoms. The number of hydrogen-bond acceptors (Lipinski definition) is 6. The highest BCUT2D eigenvalue weighted by atomic mass is 16.5. The first-order valence-corrected chi connectivity index (χ1v) is 7.07. The fourth-order valence-corrected chi connectivity index (χ4v) is 2.45. The summed E-state index contributed by atoms with van der Waals surface area (Å²) in [6.07, 6.45) is 2.64. The zero-order valence-electron chi connectivity index (χ0n) is 13.1. The number of rotatable bonds is 4. The summed E-state index contributed by atoms with van der Waals surface area (Å²) in [5, 5.41) is 0. The molecular formula is C18H14O6. The van der Waals surface area contributed by atoms with Gasteiger partial charge >= 0.3 is 11.3 Å². The van der Waals surface area contributed by atoms with Gasteiger partial charge in [0.2, 0.25) is 0 Å². The zero-order chi connectivity index (χ0) is 17.1. The number of hydrogen-bond donors (Lipinski definition) is 0. The van der Waals surface area contributed by atoms with Crippen molar-refractivity contribution >= 4 is 0 Å². The maximum atomic E-state index is 11.5. The second-order valence-electron chi connectivity index (χ2n) is 4.93. The Labute approximate surface area is 136 Å². The van der Waals surface area contributed by atoms with Gasteiger partial charge in [-0.25, -0.2) is 9.59 Å². The maximum Gasteiger partial charge on any atom is 0.336 e. The van der Waals surface area contributed by atoms with Gasteiger partial charge in [-0.2, -0.15) is 0 Å². The Morgan fingerprint density at radius 1 is 0.708 bits per heavy atom. The van der Waals surface area contributed by atoms with Gasteiger partial charge in [-0.15, -0.1) is 0 Å². The van der Waals surface area contributed by atoms with E-state index in [4.69, 9.17) is 18.3 Å². The van der Waals surface area contributed by atoms with E-state index in [2.05, 4.69) is 0 Å². The van der Waals surface area contributed by atoms with E-state index < -0.39 is 11.3 Å². The van der Waals surface area contributed by atoms with Gasteiger partial charge in [0.15, 0.2) is 0 Å². The summed E-state index contributed by atoms with van der Waals surface area (Å²) in [5.41, 5.74) is 1.71. The minimum absolute atomic E-state index is 0.460. The lowest BCUT2D eigenvalue weighted by molar-refractivity contribution is 0.405. The van der Waals surface area contributed by atoms with Crippen LogP contribution >= 0.6 is 0 Å². The lowest BCUT2D eigenvalue weighted by Gasteiger charge is -2.15. The molecule has 0 unspecified atom stereocenters. The van der Waals surface area contributed by atoms with E-state index >= 15 is 0 Å². The van der Waals surface area contributed by atoms with Crippen LogP contribution in [0.3, 0.4) is 0 Å². The molecule has 0 fully saturated rings. The smallest absolute Gasteiger partial charge is 0.336 e. The van der Waals surface area contributed by atoms with E-state index in [1.807, 2.05) is 0 Å². The molecule has 2 heterocycles. The molecule has 0 radical (unpaired) electrons. The Balaban J connectivity index is 2.24. The molecule has 0 aliphatic carbocycles. The van der Waals surface area contributed by atoms with Crippen molar-refractivity contribution < 1.29 is 18.3 Å². The van der Waals surface area contributed by atoms with Gasteiger partial charge < -0.3 is 18.3 Å². The Kier molecular flexibility index (Phi) is 4.20. The van der Waals surface area contributed by atoms with Crippen molar-refractivity contribution in [2.75, 3.05) is 14.2 Å². The standard InChI is InChI=1S/C18H14O6/c1-21-15-9-14(12-4-6-24-18(20)8-12)16(22-2)10-13(15)11-3-5-23-17(19)7-11/h3-10H,1-2H3. The first-order valence-electron chi connectivity index (χ1n) is 7.07. The monoisotopic (exact) mass is 326 g/mol. The maximum absolute atomic E-state index is 11.5. The minimum Gasteiger partial charge on any atom is -0.496 e. The van der Waals surface area contributed by atoms with Crippen LogP contribution in [0.1, 0.15) is 0 Å². The third-order valence-electron chi connectivity index (χ3n) is 3.55. The molecule has 0 atom stereocenters. The molecule has 0 aliphatic rings. The Morgan fingerprint density at radius 2 is 1.12 bits per heavy atom. The molecule has 6 nitrogen and oxygen atoms in total. The first-order chi connectivity index (χ1) is 11.6. The predicted octanol–water partition coefficient (Wildman–Crippen LogP) is 2.94. The van der Waals surface area contributed by atoms with Crippen LogP contribution in [0.15, 0.2) is 67.3 Å². The van der Waals surface area contributed by atoms with Crippen LogP contribution < -0.4 is 20.7 Å². The fraction of sp³-hybridized carbons (Fsp3) is 0.111. The van der Waals surface area contributed by atoms with Gasteiger partial charge in [-0.05, 0) is 35.4 Å². The molecule has 6 heteroatoms.